The summed E-state index contributed by atoms with van der Waals surface area (Å²) in [6.07, 6.45) is 0. The van der Waals surface area contributed by atoms with E-state index in [9.17, 15) is 9.59 Å². The standard InChI is InChI=1S/C10H13N3O3/c11-6-10(12,9(15)16)8(14)13-7-4-2-1-3-5-7/h1-5H,6,11-12H2,(H,13,14)(H,15,16). The number of hydrogen-bond donors (Lipinski definition) is 4. The van der Waals surface area contributed by atoms with Crippen molar-refractivity contribution in [2.75, 3.05) is 11.9 Å². The summed E-state index contributed by atoms with van der Waals surface area (Å²) < 4.78 is 0. The number of carboxylic acid groups (broad SMARTS) is 1. The second-order valence-electron chi connectivity index (χ2n) is 3.30. The highest BCUT2D eigenvalue weighted by Gasteiger charge is 2.41. The molecule has 0 aliphatic carbocycles. The highest BCUT2D eigenvalue weighted by molar-refractivity contribution is 6.12. The summed E-state index contributed by atoms with van der Waals surface area (Å²) in [6, 6.07) is 8.42. The number of nitrogens with one attached hydrogen (secondary N) is 1. The Labute approximate surface area is 92.2 Å². The Balaban J connectivity index is 2.83. The predicted molar refractivity (Wildman–Crippen MR) is 58.7 cm³/mol. The molecule has 6 heteroatoms. The largest absolute Gasteiger partial charge is 0.479 e. The topological polar surface area (TPSA) is 118 Å². The zero-order chi connectivity index (χ0) is 12.2. The molecule has 1 atom stereocenters. The number of anilines is 1. The number of hydrogen-bond acceptors (Lipinski definition) is 4. The van der Waals surface area contributed by atoms with Crippen LogP contribution in [0.15, 0.2) is 30.3 Å². The first-order valence-corrected chi connectivity index (χ1v) is 4.59. The quantitative estimate of drug-likeness (QED) is 0.506. The van der Waals surface area contributed by atoms with Gasteiger partial charge in [-0.2, -0.15) is 0 Å². The Kier molecular flexibility index (Phi) is 3.60. The highest BCUT2D eigenvalue weighted by atomic mass is 16.4. The number of aliphatic carboxylic acids is 1. The van der Waals surface area contributed by atoms with Gasteiger partial charge >= 0.3 is 5.97 Å². The van der Waals surface area contributed by atoms with E-state index in [1.807, 2.05) is 0 Å². The summed E-state index contributed by atoms with van der Waals surface area (Å²) in [7, 11) is 0. The first kappa shape index (κ1) is 12.2. The molecule has 1 rings (SSSR count). The number of benzene rings is 1. The fourth-order valence-electron chi connectivity index (χ4n) is 1.04. The molecule has 86 valence electrons. The van der Waals surface area contributed by atoms with E-state index in [-0.39, 0.29) is 0 Å². The maximum absolute atomic E-state index is 11.6. The van der Waals surface area contributed by atoms with Gasteiger partial charge in [0.25, 0.3) is 5.91 Å². The first-order chi connectivity index (χ1) is 7.50. The van der Waals surface area contributed by atoms with Crippen LogP contribution in [0, 0.1) is 0 Å². The molecule has 1 aromatic rings. The summed E-state index contributed by atoms with van der Waals surface area (Å²) >= 11 is 0. The number of rotatable bonds is 4. The number of carbonyl (C=O) groups is 2. The lowest BCUT2D eigenvalue weighted by Crippen LogP contribution is -2.62. The summed E-state index contributed by atoms with van der Waals surface area (Å²) in [5, 5.41) is 11.2. The fraction of sp³-hybridized carbons (Fsp3) is 0.200. The zero-order valence-electron chi connectivity index (χ0n) is 8.51. The summed E-state index contributed by atoms with van der Waals surface area (Å²) in [5.41, 5.74) is 8.96. The first-order valence-electron chi connectivity index (χ1n) is 4.59. The smallest absolute Gasteiger partial charge is 0.334 e. The van der Waals surface area contributed by atoms with Gasteiger partial charge in [-0.25, -0.2) is 4.79 Å². The molecule has 0 radical (unpaired) electrons. The van der Waals surface area contributed by atoms with E-state index in [1.54, 1.807) is 30.3 Å². The van der Waals surface area contributed by atoms with Gasteiger partial charge in [-0.15, -0.1) is 0 Å². The Morgan fingerprint density at radius 1 is 1.31 bits per heavy atom. The van der Waals surface area contributed by atoms with E-state index in [0.717, 1.165) is 0 Å². The molecule has 0 aliphatic heterocycles. The van der Waals surface area contributed by atoms with Crippen molar-refractivity contribution in [2.45, 2.75) is 5.54 Å². The van der Waals surface area contributed by atoms with Gasteiger partial charge in [-0.05, 0) is 12.1 Å². The maximum atomic E-state index is 11.6. The molecule has 0 aliphatic rings. The second kappa shape index (κ2) is 4.73. The van der Waals surface area contributed by atoms with Crippen LogP contribution in [0.25, 0.3) is 0 Å². The van der Waals surface area contributed by atoms with Crippen molar-refractivity contribution in [3.8, 4) is 0 Å². The molecule has 0 spiro atoms. The van der Waals surface area contributed by atoms with Crippen molar-refractivity contribution in [3.05, 3.63) is 30.3 Å². The minimum Gasteiger partial charge on any atom is -0.479 e. The summed E-state index contributed by atoms with van der Waals surface area (Å²) in [4.78, 5) is 22.4. The van der Waals surface area contributed by atoms with E-state index in [4.69, 9.17) is 16.6 Å². The van der Waals surface area contributed by atoms with Crippen molar-refractivity contribution in [1.29, 1.82) is 0 Å². The number of carbonyl (C=O) groups excluding carboxylic acids is 1. The van der Waals surface area contributed by atoms with Gasteiger partial charge in [0, 0.05) is 12.2 Å². The third-order valence-corrected chi connectivity index (χ3v) is 2.14. The molecule has 0 saturated carbocycles. The van der Waals surface area contributed by atoms with E-state index in [2.05, 4.69) is 5.32 Å². The molecule has 6 nitrogen and oxygen atoms in total. The van der Waals surface area contributed by atoms with Crippen LogP contribution in [0.4, 0.5) is 5.69 Å². The van der Waals surface area contributed by atoms with Gasteiger partial charge in [-0.3, -0.25) is 4.79 Å². The minimum absolute atomic E-state index is 0.469. The molecular formula is C10H13N3O3. The van der Waals surface area contributed by atoms with Crippen molar-refractivity contribution >= 4 is 17.6 Å². The van der Waals surface area contributed by atoms with Crippen molar-refractivity contribution in [1.82, 2.24) is 0 Å². The summed E-state index contributed by atoms with van der Waals surface area (Å²) in [5.74, 6) is -2.29. The molecule has 16 heavy (non-hydrogen) atoms. The highest BCUT2D eigenvalue weighted by Crippen LogP contribution is 2.08. The van der Waals surface area contributed by atoms with E-state index in [1.165, 1.54) is 0 Å². The van der Waals surface area contributed by atoms with Gasteiger partial charge in [0.1, 0.15) is 0 Å². The van der Waals surface area contributed by atoms with Crippen LogP contribution < -0.4 is 16.8 Å². The molecule has 1 unspecified atom stereocenters. The minimum atomic E-state index is -2.10. The lowest BCUT2D eigenvalue weighted by molar-refractivity contribution is -0.146. The van der Waals surface area contributed by atoms with Crippen LogP contribution >= 0.6 is 0 Å². The van der Waals surface area contributed by atoms with Crippen LogP contribution in [0.1, 0.15) is 0 Å². The number of nitrogens with two attached hydrogens (primary N) is 2. The van der Waals surface area contributed by atoms with Crippen molar-refractivity contribution < 1.29 is 14.7 Å². The van der Waals surface area contributed by atoms with E-state index < -0.39 is 24.0 Å². The predicted octanol–water partition coefficient (Wildman–Crippen LogP) is -0.634. The average molecular weight is 223 g/mol. The van der Waals surface area contributed by atoms with Gasteiger partial charge in [0.05, 0.1) is 0 Å². The van der Waals surface area contributed by atoms with Gasteiger partial charge in [0.2, 0.25) is 5.54 Å². The Bertz CT molecular complexity index is 394. The SMILES string of the molecule is NCC(N)(C(=O)O)C(=O)Nc1ccccc1. The third kappa shape index (κ3) is 2.36. The number of carboxylic acids is 1. The third-order valence-electron chi connectivity index (χ3n) is 2.14. The average Bonchev–Trinajstić information content (AvgIpc) is 2.28. The molecule has 1 aromatic carbocycles. The second-order valence-corrected chi connectivity index (χ2v) is 3.30. The van der Waals surface area contributed by atoms with Crippen molar-refractivity contribution in [3.63, 3.8) is 0 Å². The van der Waals surface area contributed by atoms with Gasteiger partial charge in [0.15, 0.2) is 0 Å². The fourth-order valence-corrected chi connectivity index (χ4v) is 1.04. The van der Waals surface area contributed by atoms with Crippen LogP contribution in [-0.4, -0.2) is 29.1 Å². The molecule has 0 saturated heterocycles. The Morgan fingerprint density at radius 2 is 1.88 bits per heavy atom. The molecule has 0 heterocycles. The molecule has 0 bridgehead atoms. The Hall–Kier alpha value is -1.92. The zero-order valence-corrected chi connectivity index (χ0v) is 8.51. The molecule has 1 amide bonds. The maximum Gasteiger partial charge on any atom is 0.334 e. The normalized spacial score (nSPS) is 13.9. The molecular weight excluding hydrogens is 210 g/mol. The van der Waals surface area contributed by atoms with Crippen LogP contribution in [0.2, 0.25) is 0 Å². The van der Waals surface area contributed by atoms with E-state index >= 15 is 0 Å². The van der Waals surface area contributed by atoms with Gasteiger partial charge in [-0.1, -0.05) is 18.2 Å². The Morgan fingerprint density at radius 3 is 2.31 bits per heavy atom. The number of amides is 1. The van der Waals surface area contributed by atoms with Crippen LogP contribution in [0.5, 0.6) is 0 Å². The van der Waals surface area contributed by atoms with Gasteiger partial charge < -0.3 is 21.9 Å². The molecule has 0 aromatic heterocycles. The van der Waals surface area contributed by atoms with E-state index in [0.29, 0.717) is 5.69 Å². The summed E-state index contributed by atoms with van der Waals surface area (Å²) in [6.45, 7) is -0.471. The lowest BCUT2D eigenvalue weighted by atomic mass is 10.0. The van der Waals surface area contributed by atoms with Crippen LogP contribution in [-0.2, 0) is 9.59 Å². The monoisotopic (exact) mass is 223 g/mol. The lowest BCUT2D eigenvalue weighted by Gasteiger charge is -2.21. The number of para-hydroxylation sites is 1. The van der Waals surface area contributed by atoms with Crippen molar-refractivity contribution in [2.24, 2.45) is 11.5 Å². The molecule has 6 N–H and O–H groups in total. The molecule has 0 fully saturated rings. The van der Waals surface area contributed by atoms with Crippen LogP contribution in [0.3, 0.4) is 0 Å².